The molecule has 0 saturated carbocycles. The Morgan fingerprint density at radius 3 is 2.89 bits per heavy atom. The molecule has 0 radical (unpaired) electrons. The van der Waals surface area contributed by atoms with E-state index in [0.29, 0.717) is 18.1 Å². The van der Waals surface area contributed by atoms with E-state index < -0.39 is 0 Å². The maximum atomic E-state index is 5.93. The summed E-state index contributed by atoms with van der Waals surface area (Å²) in [6.07, 6.45) is 9.16. The molecule has 1 aromatic heterocycles. The van der Waals surface area contributed by atoms with Gasteiger partial charge in [-0.05, 0) is 44.9 Å². The summed E-state index contributed by atoms with van der Waals surface area (Å²) >= 11 is 5.48. The maximum Gasteiger partial charge on any atom is 0.133 e. The summed E-state index contributed by atoms with van der Waals surface area (Å²) in [5.74, 6) is 1.55. The first-order chi connectivity index (χ1) is 8.81. The molecule has 3 aliphatic rings. The van der Waals surface area contributed by atoms with Gasteiger partial charge in [0.25, 0.3) is 0 Å². The molecule has 3 atom stereocenters. The Labute approximate surface area is 112 Å². The number of nitrogens with one attached hydrogen (secondary N) is 1. The molecule has 2 bridgehead atoms. The van der Waals surface area contributed by atoms with Gasteiger partial charge in [-0.25, -0.2) is 4.98 Å². The van der Waals surface area contributed by atoms with Gasteiger partial charge >= 0.3 is 0 Å². The average molecular weight is 262 g/mol. The standard InChI is InChI=1S/C14H18N2OS/c18-14-9-3-1-2-4-11(9)15-13(16-14)10-7-8-5-6-12(10)17-8/h8,10,12H,1-7H2,(H,15,16,18). The number of fused-ring (bicyclic) bond motifs is 3. The van der Waals surface area contributed by atoms with E-state index in [1.807, 2.05) is 0 Å². The van der Waals surface area contributed by atoms with Gasteiger partial charge in [0, 0.05) is 17.2 Å². The molecule has 4 rings (SSSR count). The van der Waals surface area contributed by atoms with Crippen LogP contribution in [0.3, 0.4) is 0 Å². The van der Waals surface area contributed by atoms with Gasteiger partial charge in [0.05, 0.1) is 12.2 Å². The number of hydrogen-bond acceptors (Lipinski definition) is 3. The summed E-state index contributed by atoms with van der Waals surface area (Å²) in [5.41, 5.74) is 2.64. The van der Waals surface area contributed by atoms with Crippen LogP contribution in [-0.2, 0) is 17.6 Å². The minimum Gasteiger partial charge on any atom is -0.374 e. The Balaban J connectivity index is 1.73. The van der Waals surface area contributed by atoms with E-state index in [9.17, 15) is 0 Å². The highest BCUT2D eigenvalue weighted by Gasteiger charge is 2.42. The van der Waals surface area contributed by atoms with Crippen LogP contribution in [0.5, 0.6) is 0 Å². The number of hydrogen-bond donors (Lipinski definition) is 1. The van der Waals surface area contributed by atoms with E-state index in [0.717, 1.165) is 29.7 Å². The van der Waals surface area contributed by atoms with E-state index in [4.69, 9.17) is 17.0 Å². The van der Waals surface area contributed by atoms with Gasteiger partial charge in [-0.2, -0.15) is 0 Å². The molecular formula is C14H18N2OS. The summed E-state index contributed by atoms with van der Waals surface area (Å²) in [7, 11) is 0. The lowest BCUT2D eigenvalue weighted by atomic mass is 9.88. The molecular weight excluding hydrogens is 244 g/mol. The van der Waals surface area contributed by atoms with Crippen molar-refractivity contribution in [3.05, 3.63) is 21.7 Å². The number of nitrogens with zero attached hydrogens (tertiary/aromatic N) is 1. The van der Waals surface area contributed by atoms with Gasteiger partial charge in [-0.3, -0.25) is 0 Å². The van der Waals surface area contributed by atoms with Crippen molar-refractivity contribution in [3.8, 4) is 0 Å². The molecule has 1 N–H and O–H groups in total. The van der Waals surface area contributed by atoms with Gasteiger partial charge in [0.1, 0.15) is 10.5 Å². The van der Waals surface area contributed by atoms with Gasteiger partial charge in [0.15, 0.2) is 0 Å². The molecule has 96 valence electrons. The zero-order valence-electron chi connectivity index (χ0n) is 10.4. The third-order valence-electron chi connectivity index (χ3n) is 4.68. The predicted molar refractivity (Wildman–Crippen MR) is 71.3 cm³/mol. The number of aryl methyl sites for hydroxylation is 1. The number of rotatable bonds is 1. The lowest BCUT2D eigenvalue weighted by Crippen LogP contribution is -2.19. The van der Waals surface area contributed by atoms with Crippen molar-refractivity contribution in [3.63, 3.8) is 0 Å². The van der Waals surface area contributed by atoms with Crippen LogP contribution in [0.1, 0.15) is 55.1 Å². The Morgan fingerprint density at radius 2 is 2.11 bits per heavy atom. The van der Waals surface area contributed by atoms with Crippen molar-refractivity contribution in [2.75, 3.05) is 0 Å². The van der Waals surface area contributed by atoms with Crippen LogP contribution in [0, 0.1) is 4.64 Å². The van der Waals surface area contributed by atoms with Crippen LogP contribution in [0.15, 0.2) is 0 Å². The van der Waals surface area contributed by atoms with Crippen molar-refractivity contribution >= 4 is 12.2 Å². The minimum absolute atomic E-state index is 0.384. The van der Waals surface area contributed by atoms with Crippen molar-refractivity contribution in [1.29, 1.82) is 0 Å². The summed E-state index contributed by atoms with van der Waals surface area (Å²) < 4.78 is 6.76. The third kappa shape index (κ3) is 1.66. The molecule has 0 spiro atoms. The van der Waals surface area contributed by atoms with Crippen molar-refractivity contribution in [2.45, 2.75) is 63.1 Å². The first-order valence-corrected chi connectivity index (χ1v) is 7.49. The number of aromatic nitrogens is 2. The van der Waals surface area contributed by atoms with Gasteiger partial charge < -0.3 is 9.72 Å². The molecule has 3 heterocycles. The van der Waals surface area contributed by atoms with Crippen LogP contribution in [0.2, 0.25) is 0 Å². The Morgan fingerprint density at radius 1 is 1.22 bits per heavy atom. The van der Waals surface area contributed by atoms with Crippen LogP contribution < -0.4 is 0 Å². The molecule has 3 nitrogen and oxygen atoms in total. The first kappa shape index (κ1) is 11.1. The summed E-state index contributed by atoms with van der Waals surface area (Å²) in [5, 5.41) is 0. The van der Waals surface area contributed by atoms with E-state index in [1.54, 1.807) is 0 Å². The van der Waals surface area contributed by atoms with Crippen molar-refractivity contribution in [2.24, 2.45) is 0 Å². The smallest absolute Gasteiger partial charge is 0.133 e. The van der Waals surface area contributed by atoms with Gasteiger partial charge in [0.2, 0.25) is 0 Å². The summed E-state index contributed by atoms with van der Waals surface area (Å²) in [6, 6.07) is 0. The monoisotopic (exact) mass is 262 g/mol. The maximum absolute atomic E-state index is 5.93. The third-order valence-corrected chi connectivity index (χ3v) is 5.02. The fourth-order valence-electron chi connectivity index (χ4n) is 3.74. The average Bonchev–Trinajstić information content (AvgIpc) is 3.01. The summed E-state index contributed by atoms with van der Waals surface area (Å²) in [4.78, 5) is 8.24. The lowest BCUT2D eigenvalue weighted by molar-refractivity contribution is 0.0998. The SMILES string of the molecule is S=c1nc(C2CC3CCC2O3)[nH]c2c1CCCC2. The number of aromatic amines is 1. The molecule has 0 amide bonds. The van der Waals surface area contributed by atoms with E-state index in [1.165, 1.54) is 36.9 Å². The second-order valence-electron chi connectivity index (χ2n) is 5.81. The summed E-state index contributed by atoms with van der Waals surface area (Å²) in [6.45, 7) is 0. The van der Waals surface area contributed by atoms with Crippen LogP contribution in [0.25, 0.3) is 0 Å². The second kappa shape index (κ2) is 4.14. The zero-order chi connectivity index (χ0) is 12.1. The predicted octanol–water partition coefficient (Wildman–Crippen LogP) is 3.05. The number of ether oxygens (including phenoxy) is 1. The molecule has 2 aliphatic heterocycles. The van der Waals surface area contributed by atoms with Crippen molar-refractivity contribution < 1.29 is 4.74 Å². The largest absolute Gasteiger partial charge is 0.374 e. The molecule has 1 aromatic rings. The van der Waals surface area contributed by atoms with E-state index >= 15 is 0 Å². The lowest BCUT2D eigenvalue weighted by Gasteiger charge is -2.21. The van der Waals surface area contributed by atoms with Gasteiger partial charge in [-0.1, -0.05) is 12.2 Å². The number of H-pyrrole nitrogens is 1. The van der Waals surface area contributed by atoms with Crippen molar-refractivity contribution in [1.82, 2.24) is 9.97 Å². The highest BCUT2D eigenvalue weighted by molar-refractivity contribution is 7.71. The highest BCUT2D eigenvalue weighted by Crippen LogP contribution is 2.43. The Bertz CT molecular complexity index is 539. The highest BCUT2D eigenvalue weighted by atomic mass is 32.1. The second-order valence-corrected chi connectivity index (χ2v) is 6.19. The van der Waals surface area contributed by atoms with Crippen LogP contribution in [0.4, 0.5) is 0 Å². The fraction of sp³-hybridized carbons (Fsp3) is 0.714. The Kier molecular flexibility index (Phi) is 2.55. The Hall–Kier alpha value is -0.740. The molecule has 3 unspecified atom stereocenters. The molecule has 18 heavy (non-hydrogen) atoms. The van der Waals surface area contributed by atoms with E-state index in [2.05, 4.69) is 9.97 Å². The topological polar surface area (TPSA) is 37.9 Å². The molecule has 1 aliphatic carbocycles. The normalized spacial score (nSPS) is 33.7. The zero-order valence-corrected chi connectivity index (χ0v) is 11.3. The molecule has 4 heteroatoms. The van der Waals surface area contributed by atoms with Gasteiger partial charge in [-0.15, -0.1) is 0 Å². The van der Waals surface area contributed by atoms with E-state index in [-0.39, 0.29) is 0 Å². The minimum atomic E-state index is 0.384. The van der Waals surface area contributed by atoms with Crippen LogP contribution >= 0.6 is 12.2 Å². The molecule has 0 aromatic carbocycles. The molecule has 2 fully saturated rings. The molecule has 2 saturated heterocycles. The van der Waals surface area contributed by atoms with Crippen LogP contribution in [-0.4, -0.2) is 22.2 Å². The first-order valence-electron chi connectivity index (χ1n) is 7.08. The quantitative estimate of drug-likeness (QED) is 0.790. The fourth-order valence-corrected chi connectivity index (χ4v) is 4.06.